The van der Waals surface area contributed by atoms with Crippen LogP contribution in [0.3, 0.4) is 0 Å². The number of aliphatic hydroxyl groups excluding tert-OH is 1. The van der Waals surface area contributed by atoms with Crippen molar-refractivity contribution >= 4 is 10.0 Å². The molecular weight excluding hydrogens is 282 g/mol. The topological polar surface area (TPSA) is 113 Å². The van der Waals surface area contributed by atoms with Crippen molar-refractivity contribution in [1.29, 1.82) is 0 Å². The average molecular weight is 299 g/mol. The van der Waals surface area contributed by atoms with E-state index in [-0.39, 0.29) is 23.7 Å². The first-order valence-electron chi connectivity index (χ1n) is 6.07. The SMILES string of the molecule is Cc1[nH]nc(S(=O)(=O)NCCc2ccnn2C)c1CO. The van der Waals surface area contributed by atoms with Gasteiger partial charge < -0.3 is 5.11 Å². The van der Waals surface area contributed by atoms with Crippen LogP contribution >= 0.6 is 0 Å². The summed E-state index contributed by atoms with van der Waals surface area (Å²) in [6.07, 6.45) is 2.18. The largest absolute Gasteiger partial charge is 0.392 e. The molecule has 2 heterocycles. The molecule has 0 saturated carbocycles. The highest BCUT2D eigenvalue weighted by Crippen LogP contribution is 2.15. The van der Waals surface area contributed by atoms with Gasteiger partial charge in [-0.15, -0.1) is 0 Å². The van der Waals surface area contributed by atoms with E-state index in [1.54, 1.807) is 24.9 Å². The number of hydrogen-bond donors (Lipinski definition) is 3. The fraction of sp³-hybridized carbons (Fsp3) is 0.455. The number of nitrogens with one attached hydrogen (secondary N) is 2. The van der Waals surface area contributed by atoms with Gasteiger partial charge in [0.15, 0.2) is 5.03 Å². The summed E-state index contributed by atoms with van der Waals surface area (Å²) in [7, 11) is -1.93. The number of aryl methyl sites for hydroxylation is 2. The Labute approximate surface area is 116 Å². The van der Waals surface area contributed by atoms with Gasteiger partial charge in [-0.2, -0.15) is 10.2 Å². The van der Waals surface area contributed by atoms with E-state index in [9.17, 15) is 13.5 Å². The minimum atomic E-state index is -3.73. The predicted molar refractivity (Wildman–Crippen MR) is 71.3 cm³/mol. The Morgan fingerprint density at radius 3 is 2.85 bits per heavy atom. The Bertz CT molecular complexity index is 689. The Kier molecular flexibility index (Phi) is 4.21. The van der Waals surface area contributed by atoms with Gasteiger partial charge in [-0.25, -0.2) is 13.1 Å². The van der Waals surface area contributed by atoms with Crippen molar-refractivity contribution in [3.63, 3.8) is 0 Å². The molecule has 0 aliphatic rings. The Morgan fingerprint density at radius 2 is 2.25 bits per heavy atom. The van der Waals surface area contributed by atoms with Crippen molar-refractivity contribution in [1.82, 2.24) is 24.7 Å². The van der Waals surface area contributed by atoms with Crippen LogP contribution in [-0.2, 0) is 30.1 Å². The molecule has 0 aliphatic carbocycles. The van der Waals surface area contributed by atoms with Crippen molar-refractivity contribution in [2.45, 2.75) is 25.0 Å². The maximum Gasteiger partial charge on any atom is 0.260 e. The summed E-state index contributed by atoms with van der Waals surface area (Å²) in [5.41, 5.74) is 1.76. The lowest BCUT2D eigenvalue weighted by Crippen LogP contribution is -2.27. The maximum absolute atomic E-state index is 12.1. The third kappa shape index (κ3) is 2.89. The smallest absolute Gasteiger partial charge is 0.260 e. The van der Waals surface area contributed by atoms with Crippen LogP contribution in [0.1, 0.15) is 17.0 Å². The molecule has 0 radical (unpaired) electrons. The number of hydrogen-bond acceptors (Lipinski definition) is 5. The molecule has 0 saturated heterocycles. The second-order valence-corrected chi connectivity index (χ2v) is 6.07. The average Bonchev–Trinajstić information content (AvgIpc) is 2.96. The fourth-order valence-corrected chi connectivity index (χ4v) is 3.08. The zero-order valence-corrected chi connectivity index (χ0v) is 12.1. The van der Waals surface area contributed by atoms with E-state index in [1.165, 1.54) is 0 Å². The molecule has 0 bridgehead atoms. The standard InChI is InChI=1S/C11H17N5O3S/c1-8-10(7-17)11(15-14-8)20(18,19)13-6-4-9-3-5-12-16(9)2/h3,5,13,17H,4,6-7H2,1-2H3,(H,14,15). The number of aromatic amines is 1. The van der Waals surface area contributed by atoms with Crippen molar-refractivity contribution in [2.24, 2.45) is 7.05 Å². The van der Waals surface area contributed by atoms with Crippen LogP contribution in [0.2, 0.25) is 0 Å². The molecule has 9 heteroatoms. The van der Waals surface area contributed by atoms with E-state index in [0.717, 1.165) is 5.69 Å². The van der Waals surface area contributed by atoms with Crippen molar-refractivity contribution in [3.05, 3.63) is 29.2 Å². The van der Waals surface area contributed by atoms with Gasteiger partial charge in [0.25, 0.3) is 10.0 Å². The quantitative estimate of drug-likeness (QED) is 0.663. The molecule has 0 fully saturated rings. The summed E-state index contributed by atoms with van der Waals surface area (Å²) < 4.78 is 28.4. The molecular formula is C11H17N5O3S. The van der Waals surface area contributed by atoms with Crippen LogP contribution in [0.25, 0.3) is 0 Å². The summed E-state index contributed by atoms with van der Waals surface area (Å²) in [4.78, 5) is 0. The summed E-state index contributed by atoms with van der Waals surface area (Å²) in [5, 5.41) is 19.4. The van der Waals surface area contributed by atoms with E-state index in [4.69, 9.17) is 0 Å². The Hall–Kier alpha value is -1.71. The number of rotatable bonds is 6. The normalized spacial score (nSPS) is 11.9. The zero-order valence-electron chi connectivity index (χ0n) is 11.3. The van der Waals surface area contributed by atoms with Gasteiger partial charge in [0, 0.05) is 43.2 Å². The third-order valence-electron chi connectivity index (χ3n) is 3.04. The molecule has 20 heavy (non-hydrogen) atoms. The number of aromatic nitrogens is 4. The van der Waals surface area contributed by atoms with E-state index in [2.05, 4.69) is 20.0 Å². The summed E-state index contributed by atoms with van der Waals surface area (Å²) in [6, 6.07) is 1.83. The lowest BCUT2D eigenvalue weighted by atomic mass is 10.3. The molecule has 2 aromatic heterocycles. The van der Waals surface area contributed by atoms with Crippen LogP contribution in [-0.4, -0.2) is 40.0 Å². The molecule has 0 atom stereocenters. The summed E-state index contributed by atoms with van der Waals surface area (Å²) in [6.45, 7) is 1.52. The predicted octanol–water partition coefficient (Wildman–Crippen LogP) is -0.535. The maximum atomic E-state index is 12.1. The monoisotopic (exact) mass is 299 g/mol. The van der Waals surface area contributed by atoms with Crippen LogP contribution in [0.15, 0.2) is 17.3 Å². The minimum absolute atomic E-state index is 0.150. The molecule has 2 aromatic rings. The molecule has 0 aromatic carbocycles. The highest BCUT2D eigenvalue weighted by molar-refractivity contribution is 7.89. The molecule has 0 amide bonds. The number of H-pyrrole nitrogens is 1. The van der Waals surface area contributed by atoms with Crippen LogP contribution < -0.4 is 4.72 Å². The summed E-state index contributed by atoms with van der Waals surface area (Å²) >= 11 is 0. The Morgan fingerprint density at radius 1 is 1.50 bits per heavy atom. The van der Waals surface area contributed by atoms with Gasteiger partial charge in [-0.1, -0.05) is 0 Å². The molecule has 8 nitrogen and oxygen atoms in total. The van der Waals surface area contributed by atoms with E-state index in [1.807, 2.05) is 6.07 Å². The van der Waals surface area contributed by atoms with Gasteiger partial charge in [-0.05, 0) is 13.0 Å². The zero-order chi connectivity index (χ0) is 14.8. The first kappa shape index (κ1) is 14.7. The first-order valence-corrected chi connectivity index (χ1v) is 7.55. The van der Waals surface area contributed by atoms with Crippen LogP contribution in [0, 0.1) is 6.92 Å². The fourth-order valence-electron chi connectivity index (χ4n) is 1.87. The van der Waals surface area contributed by atoms with Gasteiger partial charge >= 0.3 is 0 Å². The highest BCUT2D eigenvalue weighted by atomic mass is 32.2. The lowest BCUT2D eigenvalue weighted by molar-refractivity contribution is 0.277. The van der Waals surface area contributed by atoms with Crippen molar-refractivity contribution in [2.75, 3.05) is 6.54 Å². The highest BCUT2D eigenvalue weighted by Gasteiger charge is 2.22. The minimum Gasteiger partial charge on any atom is -0.392 e. The molecule has 0 unspecified atom stereocenters. The van der Waals surface area contributed by atoms with Gasteiger partial charge in [0.2, 0.25) is 0 Å². The van der Waals surface area contributed by atoms with Gasteiger partial charge in [-0.3, -0.25) is 9.78 Å². The van der Waals surface area contributed by atoms with Gasteiger partial charge in [0.1, 0.15) is 0 Å². The lowest BCUT2D eigenvalue weighted by Gasteiger charge is -2.06. The van der Waals surface area contributed by atoms with Gasteiger partial charge in [0.05, 0.1) is 6.61 Å². The number of sulfonamides is 1. The molecule has 110 valence electrons. The van der Waals surface area contributed by atoms with E-state index >= 15 is 0 Å². The van der Waals surface area contributed by atoms with E-state index < -0.39 is 10.0 Å². The Balaban J connectivity index is 2.06. The molecule has 0 aliphatic heterocycles. The van der Waals surface area contributed by atoms with Crippen LogP contribution in [0.4, 0.5) is 0 Å². The van der Waals surface area contributed by atoms with Crippen molar-refractivity contribution < 1.29 is 13.5 Å². The number of aliphatic hydroxyl groups is 1. The first-order chi connectivity index (χ1) is 9.45. The second kappa shape index (κ2) is 5.73. The molecule has 2 rings (SSSR count). The molecule has 3 N–H and O–H groups in total. The third-order valence-corrected chi connectivity index (χ3v) is 4.48. The van der Waals surface area contributed by atoms with Crippen LogP contribution in [0.5, 0.6) is 0 Å². The van der Waals surface area contributed by atoms with E-state index in [0.29, 0.717) is 12.1 Å². The summed E-state index contributed by atoms with van der Waals surface area (Å²) in [5.74, 6) is 0. The second-order valence-electron chi connectivity index (χ2n) is 4.38. The van der Waals surface area contributed by atoms with Crippen molar-refractivity contribution in [3.8, 4) is 0 Å². The number of nitrogens with zero attached hydrogens (tertiary/aromatic N) is 3. The molecule has 0 spiro atoms.